The van der Waals surface area contributed by atoms with Crippen LogP contribution in [0.15, 0.2) is 12.7 Å². The molecule has 0 spiro atoms. The number of nitrogens with one attached hydrogen (secondary N) is 1. The Hall–Kier alpha value is -1.77. The van der Waals surface area contributed by atoms with Crippen molar-refractivity contribution in [1.29, 1.82) is 0 Å². The van der Waals surface area contributed by atoms with E-state index in [9.17, 15) is 4.79 Å². The molecule has 1 amide bonds. The zero-order valence-electron chi connectivity index (χ0n) is 15.1. The number of imidazole rings is 1. The average Bonchev–Trinajstić information content (AvgIpc) is 3.17. The van der Waals surface area contributed by atoms with E-state index in [-0.39, 0.29) is 36.1 Å². The van der Waals surface area contributed by atoms with E-state index in [2.05, 4.69) is 20.3 Å². The summed E-state index contributed by atoms with van der Waals surface area (Å²) < 4.78 is 14.1. The highest BCUT2D eigenvalue weighted by Gasteiger charge is 2.57. The molecule has 1 N–H and O–H groups in total. The lowest BCUT2D eigenvalue weighted by molar-refractivity contribution is -0.163. The van der Waals surface area contributed by atoms with Crippen LogP contribution in [0.3, 0.4) is 0 Å². The number of hydrogen-bond donors (Lipinski definition) is 1. The highest BCUT2D eigenvalue weighted by Crippen LogP contribution is 2.47. The smallest absolute Gasteiger partial charge is 0.226 e. The molecule has 0 radical (unpaired) electrons. The lowest BCUT2D eigenvalue weighted by Crippen LogP contribution is -2.40. The van der Waals surface area contributed by atoms with Crippen molar-refractivity contribution in [3.63, 3.8) is 0 Å². The fourth-order valence-electron chi connectivity index (χ4n) is 3.94. The second-order valence-electron chi connectivity index (χ2n) is 7.63. The van der Waals surface area contributed by atoms with E-state index in [1.807, 2.05) is 32.3 Å². The number of ether oxygens (including phenoxy) is 2. The van der Waals surface area contributed by atoms with Gasteiger partial charge in [0.2, 0.25) is 5.91 Å². The van der Waals surface area contributed by atoms with Crippen molar-refractivity contribution in [2.45, 2.75) is 64.2 Å². The third-order valence-corrected chi connectivity index (χ3v) is 5.15. The standard InChI is InChI=1S/C17H22ClN5O3/c1-8(2)22-16(24)9-5-10(13-12(9)25-17(3,4)26-13)23-7-21-11-14(18)19-6-20-15(11)23/h6-10,12-13H,5H2,1-4H3,(H,22,24). The molecule has 4 rings (SSSR count). The summed E-state index contributed by atoms with van der Waals surface area (Å²) in [5.41, 5.74) is 1.17. The molecule has 26 heavy (non-hydrogen) atoms. The summed E-state index contributed by atoms with van der Waals surface area (Å²) in [6.07, 6.45) is 3.10. The molecular weight excluding hydrogens is 358 g/mol. The topological polar surface area (TPSA) is 91.2 Å². The first kappa shape index (κ1) is 17.6. The maximum atomic E-state index is 12.7. The number of nitrogens with zero attached hydrogens (tertiary/aromatic N) is 4. The third kappa shape index (κ3) is 2.86. The van der Waals surface area contributed by atoms with Gasteiger partial charge >= 0.3 is 0 Å². The summed E-state index contributed by atoms with van der Waals surface area (Å²) >= 11 is 6.12. The normalized spacial score (nSPS) is 30.1. The molecule has 2 aliphatic rings. The highest BCUT2D eigenvalue weighted by molar-refractivity contribution is 6.33. The van der Waals surface area contributed by atoms with Crippen molar-refractivity contribution in [2.24, 2.45) is 5.92 Å². The first-order valence-corrected chi connectivity index (χ1v) is 9.13. The minimum atomic E-state index is -0.743. The van der Waals surface area contributed by atoms with Crippen LogP contribution in [0.2, 0.25) is 5.15 Å². The number of rotatable bonds is 3. The van der Waals surface area contributed by atoms with Gasteiger partial charge in [-0.15, -0.1) is 0 Å². The van der Waals surface area contributed by atoms with Crippen molar-refractivity contribution < 1.29 is 14.3 Å². The number of aromatic nitrogens is 4. The van der Waals surface area contributed by atoms with Crippen molar-refractivity contribution >= 4 is 28.7 Å². The summed E-state index contributed by atoms with van der Waals surface area (Å²) in [6.45, 7) is 7.62. The molecule has 9 heteroatoms. The van der Waals surface area contributed by atoms with Gasteiger partial charge < -0.3 is 19.4 Å². The Morgan fingerprint density at radius 3 is 2.77 bits per heavy atom. The van der Waals surface area contributed by atoms with E-state index >= 15 is 0 Å². The zero-order valence-corrected chi connectivity index (χ0v) is 15.9. The second kappa shape index (κ2) is 6.14. The molecule has 8 nitrogen and oxygen atoms in total. The van der Waals surface area contributed by atoms with Crippen LogP contribution in [0, 0.1) is 5.92 Å². The van der Waals surface area contributed by atoms with Crippen molar-refractivity contribution in [3.05, 3.63) is 17.8 Å². The third-order valence-electron chi connectivity index (χ3n) is 4.87. The molecule has 1 aliphatic carbocycles. The van der Waals surface area contributed by atoms with Crippen LogP contribution >= 0.6 is 11.6 Å². The van der Waals surface area contributed by atoms with Crippen molar-refractivity contribution in [2.75, 3.05) is 0 Å². The molecule has 140 valence electrons. The van der Waals surface area contributed by atoms with Gasteiger partial charge in [-0.1, -0.05) is 11.6 Å². The van der Waals surface area contributed by atoms with Crippen molar-refractivity contribution in [1.82, 2.24) is 24.8 Å². The number of carbonyl (C=O) groups is 1. The van der Waals surface area contributed by atoms with E-state index in [4.69, 9.17) is 21.1 Å². The van der Waals surface area contributed by atoms with Gasteiger partial charge in [-0.2, -0.15) is 0 Å². The van der Waals surface area contributed by atoms with Crippen LogP contribution in [-0.4, -0.2) is 49.5 Å². The van der Waals surface area contributed by atoms with Crippen LogP contribution in [0.25, 0.3) is 11.2 Å². The monoisotopic (exact) mass is 379 g/mol. The fourth-order valence-corrected chi connectivity index (χ4v) is 4.12. The Kier molecular flexibility index (Phi) is 4.17. The van der Waals surface area contributed by atoms with E-state index in [0.29, 0.717) is 22.7 Å². The lowest BCUT2D eigenvalue weighted by Gasteiger charge is -2.24. The molecule has 4 atom stereocenters. The molecule has 4 unspecified atom stereocenters. The quantitative estimate of drug-likeness (QED) is 0.821. The number of halogens is 1. The molecule has 0 aromatic carbocycles. The van der Waals surface area contributed by atoms with Gasteiger partial charge in [-0.25, -0.2) is 15.0 Å². The van der Waals surface area contributed by atoms with Crippen LogP contribution in [-0.2, 0) is 14.3 Å². The number of carbonyl (C=O) groups excluding carboxylic acids is 1. The van der Waals surface area contributed by atoms with E-state index in [0.717, 1.165) is 0 Å². The Morgan fingerprint density at radius 1 is 1.31 bits per heavy atom. The van der Waals surface area contributed by atoms with Gasteiger partial charge in [0.15, 0.2) is 16.6 Å². The highest BCUT2D eigenvalue weighted by atomic mass is 35.5. The van der Waals surface area contributed by atoms with Gasteiger partial charge in [-0.05, 0) is 34.1 Å². The van der Waals surface area contributed by atoms with Gasteiger partial charge in [0.05, 0.1) is 18.3 Å². The van der Waals surface area contributed by atoms with Gasteiger partial charge in [0, 0.05) is 6.04 Å². The number of hydrogen-bond acceptors (Lipinski definition) is 6. The van der Waals surface area contributed by atoms with Crippen LogP contribution < -0.4 is 5.32 Å². The maximum Gasteiger partial charge on any atom is 0.226 e. The summed E-state index contributed by atoms with van der Waals surface area (Å²) in [5, 5.41) is 3.30. The zero-order chi connectivity index (χ0) is 18.6. The first-order chi connectivity index (χ1) is 12.3. The summed E-state index contributed by atoms with van der Waals surface area (Å²) in [5.74, 6) is -1.06. The Morgan fingerprint density at radius 2 is 2.04 bits per heavy atom. The molecule has 2 aromatic heterocycles. The largest absolute Gasteiger partial charge is 0.354 e. The minimum Gasteiger partial charge on any atom is -0.354 e. The molecule has 3 heterocycles. The predicted molar refractivity (Wildman–Crippen MR) is 94.6 cm³/mol. The molecule has 2 aromatic rings. The van der Waals surface area contributed by atoms with Gasteiger partial charge in [0.1, 0.15) is 24.1 Å². The van der Waals surface area contributed by atoms with E-state index < -0.39 is 5.79 Å². The molecule has 0 bridgehead atoms. The number of amides is 1. The second-order valence-corrected chi connectivity index (χ2v) is 7.98. The summed E-state index contributed by atoms with van der Waals surface area (Å²) in [4.78, 5) is 25.4. The van der Waals surface area contributed by atoms with Gasteiger partial charge in [-0.3, -0.25) is 4.79 Å². The first-order valence-electron chi connectivity index (χ1n) is 8.76. The Balaban J connectivity index is 1.72. The van der Waals surface area contributed by atoms with Crippen LogP contribution in [0.4, 0.5) is 0 Å². The molecule has 1 aliphatic heterocycles. The SMILES string of the molecule is CC(C)NC(=O)C1CC(n2cnc3c(Cl)ncnc32)C2OC(C)(C)OC12. The van der Waals surface area contributed by atoms with E-state index in [1.165, 1.54) is 6.33 Å². The van der Waals surface area contributed by atoms with Gasteiger partial charge in [0.25, 0.3) is 0 Å². The number of fused-ring (bicyclic) bond motifs is 2. The predicted octanol–water partition coefficient (Wildman–Crippen LogP) is 2.09. The Labute approximate surface area is 156 Å². The average molecular weight is 380 g/mol. The molecule has 1 saturated heterocycles. The molecule has 2 fully saturated rings. The molecule has 1 saturated carbocycles. The summed E-state index contributed by atoms with van der Waals surface area (Å²) in [6, 6.07) is -0.0587. The Bertz CT molecular complexity index is 852. The van der Waals surface area contributed by atoms with E-state index in [1.54, 1.807) is 6.33 Å². The van der Waals surface area contributed by atoms with Crippen molar-refractivity contribution in [3.8, 4) is 0 Å². The fraction of sp³-hybridized carbons (Fsp3) is 0.647. The van der Waals surface area contributed by atoms with Crippen LogP contribution in [0.1, 0.15) is 40.2 Å². The lowest BCUT2D eigenvalue weighted by atomic mass is 10.0. The maximum absolute atomic E-state index is 12.7. The van der Waals surface area contributed by atoms with Crippen LogP contribution in [0.5, 0.6) is 0 Å². The molecular formula is C17H22ClN5O3. The minimum absolute atomic E-state index is 0.0177. The summed E-state index contributed by atoms with van der Waals surface area (Å²) in [7, 11) is 0.